The van der Waals surface area contributed by atoms with Crippen molar-refractivity contribution in [2.45, 2.75) is 6.36 Å². The van der Waals surface area contributed by atoms with Crippen LogP contribution >= 0.6 is 12.6 Å². The largest absolute Gasteiger partial charge is 0.522 e. The fraction of sp³-hybridized carbons (Fsp3) is 0.667. The summed E-state index contributed by atoms with van der Waals surface area (Å²) in [6.07, 6.45) is -4.74. The number of halogens is 3. The Morgan fingerprint density at radius 3 is 2.11 bits per heavy atom. The van der Waals surface area contributed by atoms with Crippen molar-refractivity contribution in [3.8, 4) is 0 Å². The summed E-state index contributed by atoms with van der Waals surface area (Å²) in [5.74, 6) is 0. The van der Waals surface area contributed by atoms with Crippen LogP contribution in [0.2, 0.25) is 0 Å². The van der Waals surface area contributed by atoms with Gasteiger partial charge in [-0.15, -0.1) is 25.8 Å². The van der Waals surface area contributed by atoms with E-state index in [4.69, 9.17) is 0 Å². The van der Waals surface area contributed by atoms with Gasteiger partial charge in [-0.1, -0.05) is 0 Å². The first-order chi connectivity index (χ1) is 3.92. The molecule has 0 rings (SSSR count). The third-order valence-corrected chi connectivity index (χ3v) is 0.488. The summed E-state index contributed by atoms with van der Waals surface area (Å²) in [6, 6.07) is 0. The minimum atomic E-state index is -4.74. The zero-order chi connectivity index (χ0) is 7.49. The molecule has 9 heavy (non-hydrogen) atoms. The number of thiol groups is 1. The number of ether oxygens (including phenoxy) is 1. The minimum absolute atomic E-state index is 0.952. The number of hydrogen-bond acceptors (Lipinski definition) is 2. The van der Waals surface area contributed by atoms with Gasteiger partial charge in [-0.3, -0.25) is 9.53 Å². The summed E-state index contributed by atoms with van der Waals surface area (Å²) in [6.45, 7) is -1.04. The second-order valence-electron chi connectivity index (χ2n) is 1.13. The van der Waals surface area contributed by atoms with Gasteiger partial charge in [0.05, 0.1) is 0 Å². The molecule has 0 fully saturated rings. The maximum absolute atomic E-state index is 11.0. The Balaban J connectivity index is 3.39. The quantitative estimate of drug-likeness (QED) is 0.609. The van der Waals surface area contributed by atoms with Crippen molar-refractivity contribution in [2.24, 2.45) is 0 Å². The van der Waals surface area contributed by atoms with Crippen molar-refractivity contribution in [3.05, 3.63) is 0 Å². The highest BCUT2D eigenvalue weighted by Gasteiger charge is 2.29. The third-order valence-electron chi connectivity index (χ3n) is 0.359. The molecule has 0 aromatic carbocycles. The average molecular weight is 160 g/mol. The van der Waals surface area contributed by atoms with E-state index in [1.54, 1.807) is 0 Å². The van der Waals surface area contributed by atoms with E-state index in [2.05, 4.69) is 17.4 Å². The van der Waals surface area contributed by atoms with E-state index in [1.807, 2.05) is 0 Å². The Morgan fingerprint density at radius 2 is 2.00 bits per heavy atom. The van der Waals surface area contributed by atoms with Crippen molar-refractivity contribution in [3.63, 3.8) is 0 Å². The summed E-state index contributed by atoms with van der Waals surface area (Å²) < 4.78 is 36.1. The van der Waals surface area contributed by atoms with Crippen LogP contribution in [0.3, 0.4) is 0 Å². The van der Waals surface area contributed by atoms with E-state index < -0.39 is 18.1 Å². The van der Waals surface area contributed by atoms with E-state index in [0.717, 1.165) is 0 Å². The molecule has 0 saturated heterocycles. The Morgan fingerprint density at radius 1 is 1.56 bits per heavy atom. The molecule has 2 nitrogen and oxygen atoms in total. The lowest BCUT2D eigenvalue weighted by Gasteiger charge is -2.02. The number of alkyl halides is 3. The van der Waals surface area contributed by atoms with Gasteiger partial charge in [0.25, 0.3) is 0 Å². The van der Waals surface area contributed by atoms with Crippen molar-refractivity contribution in [2.75, 3.05) is 6.61 Å². The Hall–Kier alpha value is -0.230. The van der Waals surface area contributed by atoms with E-state index in [1.165, 1.54) is 0 Å². The normalized spacial score (nSPS) is 11.6. The topological polar surface area (TPSA) is 26.3 Å². The van der Waals surface area contributed by atoms with Crippen molar-refractivity contribution in [1.82, 2.24) is 0 Å². The van der Waals surface area contributed by atoms with Gasteiger partial charge in [0, 0.05) is 0 Å². The molecule has 0 saturated carbocycles. The molecule has 0 unspecified atom stereocenters. The highest BCUT2D eigenvalue weighted by Crippen LogP contribution is 2.15. The predicted octanol–water partition coefficient (Wildman–Crippen LogP) is 0.979. The van der Waals surface area contributed by atoms with Gasteiger partial charge >= 0.3 is 6.36 Å². The molecule has 54 valence electrons. The van der Waals surface area contributed by atoms with Crippen molar-refractivity contribution >= 4 is 17.7 Å². The molecule has 0 bridgehead atoms. The van der Waals surface area contributed by atoms with Crippen LogP contribution in [-0.4, -0.2) is 18.1 Å². The Labute approximate surface area is 54.4 Å². The lowest BCUT2D eigenvalue weighted by atomic mass is 10.8. The van der Waals surface area contributed by atoms with Gasteiger partial charge in [0.1, 0.15) is 6.61 Å². The van der Waals surface area contributed by atoms with Crippen LogP contribution in [0.5, 0.6) is 0 Å². The van der Waals surface area contributed by atoms with Gasteiger partial charge in [-0.05, 0) is 0 Å². The van der Waals surface area contributed by atoms with E-state index in [0.29, 0.717) is 0 Å². The molecule has 0 amide bonds. The zero-order valence-electron chi connectivity index (χ0n) is 4.10. The van der Waals surface area contributed by atoms with Gasteiger partial charge < -0.3 is 0 Å². The maximum atomic E-state index is 11.0. The standard InChI is InChI=1S/C3H3F3O2S/c4-3(5,6)8-1-2(7)9/h1H2,(H,7,9). The molecule has 0 N–H and O–H groups in total. The second kappa shape index (κ2) is 3.07. The SMILES string of the molecule is O=C(S)COC(F)(F)F. The molecule has 0 radical (unpaired) electrons. The summed E-state index contributed by atoms with van der Waals surface area (Å²) in [5.41, 5.74) is 0. The molecule has 0 heterocycles. The monoisotopic (exact) mass is 160 g/mol. The lowest BCUT2D eigenvalue weighted by Crippen LogP contribution is -2.16. The van der Waals surface area contributed by atoms with Crippen LogP contribution in [0.1, 0.15) is 0 Å². The zero-order valence-corrected chi connectivity index (χ0v) is 5.00. The van der Waals surface area contributed by atoms with Crippen LogP contribution in [0.4, 0.5) is 13.2 Å². The molecule has 0 aliphatic heterocycles. The van der Waals surface area contributed by atoms with Gasteiger partial charge in [-0.2, -0.15) is 0 Å². The summed E-state index contributed by atoms with van der Waals surface area (Å²) in [5, 5.41) is -0.952. The number of carbonyl (C=O) groups excluding carboxylic acids is 1. The van der Waals surface area contributed by atoms with Crippen LogP contribution < -0.4 is 0 Å². The molecule has 0 aromatic rings. The van der Waals surface area contributed by atoms with Gasteiger partial charge in [0.15, 0.2) is 0 Å². The first-order valence-corrected chi connectivity index (χ1v) is 2.29. The smallest absolute Gasteiger partial charge is 0.285 e. The second-order valence-corrected chi connectivity index (χ2v) is 1.63. The first kappa shape index (κ1) is 8.77. The average Bonchev–Trinajstić information content (AvgIpc) is 1.59. The number of rotatable bonds is 2. The number of carbonyl (C=O) groups is 1. The summed E-state index contributed by atoms with van der Waals surface area (Å²) in [4.78, 5) is 9.73. The molecule has 6 heteroatoms. The highest BCUT2D eigenvalue weighted by molar-refractivity contribution is 7.96. The Bertz CT molecular complexity index is 110. The van der Waals surface area contributed by atoms with Gasteiger partial charge in [0.2, 0.25) is 5.12 Å². The van der Waals surface area contributed by atoms with Crippen LogP contribution in [-0.2, 0) is 9.53 Å². The van der Waals surface area contributed by atoms with Crippen LogP contribution in [0, 0.1) is 0 Å². The fourth-order valence-corrected chi connectivity index (χ4v) is 0.208. The van der Waals surface area contributed by atoms with Crippen molar-refractivity contribution in [1.29, 1.82) is 0 Å². The van der Waals surface area contributed by atoms with Crippen LogP contribution in [0.15, 0.2) is 0 Å². The summed E-state index contributed by atoms with van der Waals surface area (Å²) in [7, 11) is 0. The fourth-order valence-electron chi connectivity index (χ4n) is 0.144. The maximum Gasteiger partial charge on any atom is 0.522 e. The van der Waals surface area contributed by atoms with E-state index in [9.17, 15) is 18.0 Å². The molecule has 0 aromatic heterocycles. The van der Waals surface area contributed by atoms with Crippen LogP contribution in [0.25, 0.3) is 0 Å². The highest BCUT2D eigenvalue weighted by atomic mass is 32.1. The third kappa shape index (κ3) is 7.77. The van der Waals surface area contributed by atoms with E-state index in [-0.39, 0.29) is 0 Å². The summed E-state index contributed by atoms with van der Waals surface area (Å²) >= 11 is 3.05. The molecule has 0 aliphatic carbocycles. The predicted molar refractivity (Wildman–Crippen MR) is 26.0 cm³/mol. The molecular formula is C3H3F3O2S. The molecule has 0 aliphatic rings. The van der Waals surface area contributed by atoms with E-state index >= 15 is 0 Å². The molecular weight excluding hydrogens is 157 g/mol. The first-order valence-electron chi connectivity index (χ1n) is 1.84. The Kier molecular flexibility index (Phi) is 2.99. The van der Waals surface area contributed by atoms with Crippen molar-refractivity contribution < 1.29 is 22.7 Å². The molecule has 0 atom stereocenters. The minimum Gasteiger partial charge on any atom is -0.285 e. The molecule has 0 spiro atoms. The lowest BCUT2D eigenvalue weighted by molar-refractivity contribution is -0.320. The van der Waals surface area contributed by atoms with Gasteiger partial charge in [-0.25, -0.2) is 0 Å². The number of hydrogen-bond donors (Lipinski definition) is 1.